The summed E-state index contributed by atoms with van der Waals surface area (Å²) < 4.78 is 35.1. The van der Waals surface area contributed by atoms with E-state index in [-0.39, 0.29) is 11.9 Å². The normalized spacial score (nSPS) is 22.6. The van der Waals surface area contributed by atoms with Crippen LogP contribution in [-0.2, 0) is 20.9 Å². The van der Waals surface area contributed by atoms with Gasteiger partial charge in [0.1, 0.15) is 18.0 Å². The first-order valence-corrected chi connectivity index (χ1v) is 18.2. The van der Waals surface area contributed by atoms with E-state index in [9.17, 15) is 4.79 Å². The molecule has 0 N–H and O–H groups in total. The summed E-state index contributed by atoms with van der Waals surface area (Å²) in [4.78, 5) is 21.3. The quantitative estimate of drug-likeness (QED) is 0.320. The van der Waals surface area contributed by atoms with E-state index in [1.807, 2.05) is 25.7 Å². The molecule has 1 amide bonds. The van der Waals surface area contributed by atoms with Crippen molar-refractivity contribution < 1.29 is 23.4 Å². The third kappa shape index (κ3) is 6.43. The molecule has 2 aromatic rings. The highest BCUT2D eigenvalue weighted by Crippen LogP contribution is 2.43. The highest BCUT2D eigenvalue weighted by Gasteiger charge is 2.44. The highest BCUT2D eigenvalue weighted by atomic mass is 28.3. The van der Waals surface area contributed by atoms with Crippen LogP contribution in [0.1, 0.15) is 45.1 Å². The Kier molecular flexibility index (Phi) is 8.01. The van der Waals surface area contributed by atoms with Crippen LogP contribution in [-0.4, -0.2) is 80.2 Å². The van der Waals surface area contributed by atoms with Crippen molar-refractivity contribution in [1.29, 1.82) is 0 Å². The number of halogens is 1. The molecule has 3 saturated heterocycles. The molecule has 0 bridgehead atoms. The molecule has 5 heterocycles. The van der Waals surface area contributed by atoms with Gasteiger partial charge in [0.05, 0.1) is 11.9 Å². The monoisotopic (exact) mass is 560 g/mol. The predicted octanol–water partition coefficient (Wildman–Crippen LogP) is 5.68. The Hall–Kier alpha value is -2.17. The maximum Gasteiger partial charge on any atom is 0.410 e. The number of fused-ring (bicyclic) bond motifs is 2. The van der Waals surface area contributed by atoms with Crippen molar-refractivity contribution in [3.8, 4) is 0 Å². The van der Waals surface area contributed by atoms with Gasteiger partial charge in [-0.25, -0.2) is 14.2 Å². The molecule has 3 aliphatic heterocycles. The van der Waals surface area contributed by atoms with Crippen LogP contribution in [0, 0.1) is 17.7 Å². The lowest BCUT2D eigenvalue weighted by molar-refractivity contribution is 0.0282. The SMILES string of the molecule is CC(C)(C)OC(=O)N1C[C@@H]2CN(c3c(F)cnc4c3c(C3CCOCC3)cn4COCC[Si](C)(C)C)C[C@@H]2C1. The second-order valence-electron chi connectivity index (χ2n) is 13.8. The number of carbonyl (C=O) groups is 1. The molecule has 3 aliphatic rings. The fourth-order valence-electron chi connectivity index (χ4n) is 6.16. The zero-order valence-corrected chi connectivity index (χ0v) is 25.5. The third-order valence-electron chi connectivity index (χ3n) is 8.18. The molecule has 3 fully saturated rings. The number of hydrogen-bond acceptors (Lipinski definition) is 6. The van der Waals surface area contributed by atoms with Crippen molar-refractivity contribution in [2.75, 3.05) is 50.9 Å². The van der Waals surface area contributed by atoms with Crippen molar-refractivity contribution in [3.63, 3.8) is 0 Å². The number of ether oxygens (including phenoxy) is 3. The molecule has 216 valence electrons. The minimum Gasteiger partial charge on any atom is -0.444 e. The summed E-state index contributed by atoms with van der Waals surface area (Å²) in [6, 6.07) is 1.10. The van der Waals surface area contributed by atoms with E-state index in [0.717, 1.165) is 55.3 Å². The Morgan fingerprint density at radius 3 is 2.41 bits per heavy atom. The lowest BCUT2D eigenvalue weighted by Crippen LogP contribution is -2.37. The molecule has 0 saturated carbocycles. The Labute approximate surface area is 232 Å². The van der Waals surface area contributed by atoms with E-state index in [4.69, 9.17) is 14.2 Å². The number of rotatable bonds is 7. The molecular weight excluding hydrogens is 515 g/mol. The van der Waals surface area contributed by atoms with Crippen LogP contribution >= 0.6 is 0 Å². The summed E-state index contributed by atoms with van der Waals surface area (Å²) in [6.07, 6.45) is 5.09. The molecule has 10 heteroatoms. The number of amides is 1. The van der Waals surface area contributed by atoms with Crippen LogP contribution in [0.15, 0.2) is 12.4 Å². The molecule has 0 aromatic carbocycles. The predicted molar refractivity (Wildman–Crippen MR) is 154 cm³/mol. The van der Waals surface area contributed by atoms with E-state index in [1.165, 1.54) is 6.20 Å². The molecular formula is C29H45FN4O4Si. The van der Waals surface area contributed by atoms with Crippen LogP contribution in [0.4, 0.5) is 14.9 Å². The third-order valence-corrected chi connectivity index (χ3v) is 9.89. The van der Waals surface area contributed by atoms with E-state index >= 15 is 4.39 Å². The number of aromatic nitrogens is 2. The van der Waals surface area contributed by atoms with Crippen molar-refractivity contribution in [2.24, 2.45) is 11.8 Å². The second-order valence-corrected chi connectivity index (χ2v) is 19.4. The van der Waals surface area contributed by atoms with Gasteiger partial charge in [0, 0.05) is 77.5 Å². The lowest BCUT2D eigenvalue weighted by Gasteiger charge is -2.27. The first-order chi connectivity index (χ1) is 18.4. The maximum atomic E-state index is 15.7. The molecule has 8 nitrogen and oxygen atoms in total. The average Bonchev–Trinajstić information content (AvgIpc) is 3.52. The molecule has 0 radical (unpaired) electrons. The lowest BCUT2D eigenvalue weighted by atomic mass is 9.91. The van der Waals surface area contributed by atoms with Crippen LogP contribution in [0.2, 0.25) is 25.7 Å². The standard InChI is InChI=1S/C29H45FN4O4Si/c1-29(2,3)38-28(35)33-16-21-14-32(15-22(21)17-33)26-24(30)13-31-27-25(26)23(20-7-9-36-10-8-20)18-34(27)19-37-11-12-39(4,5)6/h13,18,20-22H,7-12,14-17,19H2,1-6H3/t21-,22+. The van der Waals surface area contributed by atoms with Gasteiger partial charge in [0.15, 0.2) is 5.82 Å². The molecule has 2 aromatic heterocycles. The van der Waals surface area contributed by atoms with Gasteiger partial charge in [0.25, 0.3) is 0 Å². The summed E-state index contributed by atoms with van der Waals surface area (Å²) in [7, 11) is -1.19. The van der Waals surface area contributed by atoms with Crippen LogP contribution < -0.4 is 4.90 Å². The molecule has 0 spiro atoms. The Balaban J connectivity index is 1.40. The van der Waals surface area contributed by atoms with Gasteiger partial charge in [-0.05, 0) is 51.1 Å². The van der Waals surface area contributed by atoms with Gasteiger partial charge in [-0.1, -0.05) is 19.6 Å². The van der Waals surface area contributed by atoms with E-state index in [2.05, 4.69) is 40.3 Å². The first-order valence-electron chi connectivity index (χ1n) is 14.5. The zero-order chi connectivity index (χ0) is 27.9. The summed E-state index contributed by atoms with van der Waals surface area (Å²) in [5, 5.41) is 0.916. The number of carbonyl (C=O) groups excluding carboxylic acids is 1. The highest BCUT2D eigenvalue weighted by molar-refractivity contribution is 6.76. The van der Waals surface area contributed by atoms with E-state index < -0.39 is 13.7 Å². The molecule has 5 rings (SSSR count). The van der Waals surface area contributed by atoms with Crippen molar-refractivity contribution in [2.45, 2.75) is 77.5 Å². The van der Waals surface area contributed by atoms with Gasteiger partial charge in [-0.15, -0.1) is 0 Å². The van der Waals surface area contributed by atoms with Gasteiger partial charge >= 0.3 is 6.09 Å². The fraction of sp³-hybridized carbons (Fsp3) is 0.724. The maximum absolute atomic E-state index is 15.7. The smallest absolute Gasteiger partial charge is 0.410 e. The largest absolute Gasteiger partial charge is 0.444 e. The van der Waals surface area contributed by atoms with Crippen LogP contribution in [0.25, 0.3) is 11.0 Å². The van der Waals surface area contributed by atoms with Gasteiger partial charge in [0.2, 0.25) is 0 Å². The van der Waals surface area contributed by atoms with Crippen molar-refractivity contribution in [1.82, 2.24) is 14.5 Å². The van der Waals surface area contributed by atoms with Crippen LogP contribution in [0.3, 0.4) is 0 Å². The molecule has 2 atom stereocenters. The van der Waals surface area contributed by atoms with Gasteiger partial charge in [-0.2, -0.15) is 0 Å². The van der Waals surface area contributed by atoms with Crippen molar-refractivity contribution >= 4 is 30.9 Å². The van der Waals surface area contributed by atoms with Crippen molar-refractivity contribution in [3.05, 3.63) is 23.8 Å². The number of likely N-dealkylation sites (tertiary alicyclic amines) is 1. The summed E-state index contributed by atoms with van der Waals surface area (Å²) >= 11 is 0. The Morgan fingerprint density at radius 1 is 1.13 bits per heavy atom. The van der Waals surface area contributed by atoms with Gasteiger partial charge < -0.3 is 28.6 Å². The van der Waals surface area contributed by atoms with Gasteiger partial charge in [-0.3, -0.25) is 0 Å². The number of anilines is 1. The summed E-state index contributed by atoms with van der Waals surface area (Å²) in [5.74, 6) is 0.603. The second kappa shape index (κ2) is 11.0. The van der Waals surface area contributed by atoms with Crippen LogP contribution in [0.5, 0.6) is 0 Å². The minimum atomic E-state index is -1.19. The Morgan fingerprint density at radius 2 is 1.79 bits per heavy atom. The number of pyridine rings is 1. The number of nitrogens with zero attached hydrogens (tertiary/aromatic N) is 4. The summed E-state index contributed by atoms with van der Waals surface area (Å²) in [6.45, 7) is 18.0. The molecule has 39 heavy (non-hydrogen) atoms. The average molecular weight is 561 g/mol. The van der Waals surface area contributed by atoms with E-state index in [0.29, 0.717) is 56.4 Å². The van der Waals surface area contributed by atoms with E-state index in [1.54, 1.807) is 0 Å². The number of hydrogen-bond donors (Lipinski definition) is 0. The minimum absolute atomic E-state index is 0.256. The first kappa shape index (κ1) is 28.4. The Bertz CT molecular complexity index is 1170. The summed E-state index contributed by atoms with van der Waals surface area (Å²) in [5.41, 5.74) is 2.07. The topological polar surface area (TPSA) is 69.1 Å². The molecule has 0 aliphatic carbocycles. The zero-order valence-electron chi connectivity index (χ0n) is 24.5. The molecule has 0 unspecified atom stereocenters. The fourth-order valence-corrected chi connectivity index (χ4v) is 6.92.